The zero-order chi connectivity index (χ0) is 21.3. The number of amides is 2. The van der Waals surface area contributed by atoms with Gasteiger partial charge < -0.3 is 10.6 Å². The maximum atomic E-state index is 13.2. The molecule has 4 heterocycles. The van der Waals surface area contributed by atoms with Crippen LogP contribution in [0.25, 0.3) is 16.9 Å². The molecule has 0 saturated carbocycles. The molecule has 30 heavy (non-hydrogen) atoms. The van der Waals surface area contributed by atoms with Crippen molar-refractivity contribution in [2.24, 2.45) is 5.73 Å². The van der Waals surface area contributed by atoms with Gasteiger partial charge in [-0.25, -0.2) is 9.50 Å². The van der Waals surface area contributed by atoms with Gasteiger partial charge in [0, 0.05) is 36.1 Å². The van der Waals surface area contributed by atoms with Crippen LogP contribution in [0.15, 0.2) is 30.5 Å². The van der Waals surface area contributed by atoms with Crippen molar-refractivity contribution in [3.8, 4) is 11.3 Å². The second kappa shape index (κ2) is 8.22. The monoisotopic (exact) mass is 406 g/mol. The van der Waals surface area contributed by atoms with Gasteiger partial charge in [-0.15, -0.1) is 0 Å². The molecular weight excluding hydrogens is 380 g/mol. The summed E-state index contributed by atoms with van der Waals surface area (Å²) in [5, 5.41) is 4.64. The number of carbonyl (C=O) groups is 2. The average Bonchev–Trinajstić information content (AvgIpc) is 3.07. The fourth-order valence-corrected chi connectivity index (χ4v) is 3.95. The number of aryl methyl sites for hydroxylation is 1. The molecule has 1 unspecified atom stereocenters. The Bertz CT molecular complexity index is 1090. The van der Waals surface area contributed by atoms with Gasteiger partial charge in [0.1, 0.15) is 11.4 Å². The Hall–Kier alpha value is -3.29. The lowest BCUT2D eigenvalue weighted by Crippen LogP contribution is -2.38. The van der Waals surface area contributed by atoms with Crippen LogP contribution in [0.4, 0.5) is 0 Å². The van der Waals surface area contributed by atoms with Gasteiger partial charge in [-0.2, -0.15) is 5.10 Å². The van der Waals surface area contributed by atoms with Crippen LogP contribution in [0.5, 0.6) is 0 Å². The lowest BCUT2D eigenvalue weighted by atomic mass is 10.1. The van der Waals surface area contributed by atoms with Crippen molar-refractivity contribution >= 4 is 17.5 Å². The molecule has 8 heteroatoms. The summed E-state index contributed by atoms with van der Waals surface area (Å²) in [5.41, 5.74) is 8.88. The predicted molar refractivity (Wildman–Crippen MR) is 113 cm³/mol. The normalized spacial score (nSPS) is 17.1. The van der Waals surface area contributed by atoms with Crippen LogP contribution in [0.3, 0.4) is 0 Å². The number of carbonyl (C=O) groups excluding carboxylic acids is 2. The number of fused-ring (bicyclic) bond motifs is 1. The van der Waals surface area contributed by atoms with Crippen molar-refractivity contribution in [1.29, 1.82) is 0 Å². The molecule has 0 bridgehead atoms. The van der Waals surface area contributed by atoms with E-state index in [-0.39, 0.29) is 17.6 Å². The SMILES string of the molecule is CCc1cc(C(=O)N2CCCCCC2C)nc2cc(-c3ccc(C(N)=O)nc3)nn12. The topological polar surface area (TPSA) is 106 Å². The molecule has 8 nitrogen and oxygen atoms in total. The molecule has 1 aliphatic rings. The van der Waals surface area contributed by atoms with E-state index in [1.165, 1.54) is 0 Å². The fourth-order valence-electron chi connectivity index (χ4n) is 3.95. The molecule has 1 saturated heterocycles. The third kappa shape index (κ3) is 3.77. The first-order chi connectivity index (χ1) is 14.5. The number of rotatable bonds is 4. The van der Waals surface area contributed by atoms with Crippen molar-refractivity contribution in [2.45, 2.75) is 52.0 Å². The van der Waals surface area contributed by atoms with Crippen molar-refractivity contribution in [2.75, 3.05) is 6.54 Å². The highest BCUT2D eigenvalue weighted by atomic mass is 16.2. The summed E-state index contributed by atoms with van der Waals surface area (Å²) >= 11 is 0. The van der Waals surface area contributed by atoms with Crippen LogP contribution in [0.1, 0.15) is 66.2 Å². The maximum absolute atomic E-state index is 13.2. The Kier molecular flexibility index (Phi) is 5.48. The summed E-state index contributed by atoms with van der Waals surface area (Å²) < 4.78 is 1.76. The molecule has 3 aromatic rings. The molecule has 0 radical (unpaired) electrons. The smallest absolute Gasteiger partial charge is 0.272 e. The van der Waals surface area contributed by atoms with Crippen LogP contribution in [0, 0.1) is 0 Å². The number of aromatic nitrogens is 4. The van der Waals surface area contributed by atoms with E-state index in [0.717, 1.165) is 49.9 Å². The molecule has 1 aliphatic heterocycles. The molecular formula is C22H26N6O2. The third-order valence-corrected chi connectivity index (χ3v) is 5.71. The van der Waals surface area contributed by atoms with E-state index in [1.54, 1.807) is 22.8 Å². The molecule has 0 aliphatic carbocycles. The van der Waals surface area contributed by atoms with E-state index in [9.17, 15) is 9.59 Å². The molecule has 2 N–H and O–H groups in total. The quantitative estimate of drug-likeness (QED) is 0.717. The van der Waals surface area contributed by atoms with E-state index in [4.69, 9.17) is 5.73 Å². The van der Waals surface area contributed by atoms with Crippen LogP contribution in [0.2, 0.25) is 0 Å². The van der Waals surface area contributed by atoms with Gasteiger partial charge in [0.2, 0.25) is 0 Å². The highest BCUT2D eigenvalue weighted by Crippen LogP contribution is 2.22. The van der Waals surface area contributed by atoms with Crippen LogP contribution >= 0.6 is 0 Å². The minimum absolute atomic E-state index is 0.0168. The molecule has 1 atom stereocenters. The summed E-state index contributed by atoms with van der Waals surface area (Å²) in [6.07, 6.45) is 6.67. The summed E-state index contributed by atoms with van der Waals surface area (Å²) in [5.74, 6) is -0.589. The molecule has 0 spiro atoms. The number of hydrogen-bond acceptors (Lipinski definition) is 5. The van der Waals surface area contributed by atoms with Crippen molar-refractivity contribution in [1.82, 2.24) is 24.5 Å². The van der Waals surface area contributed by atoms with Gasteiger partial charge in [0.15, 0.2) is 5.65 Å². The average molecular weight is 406 g/mol. The van der Waals surface area contributed by atoms with Gasteiger partial charge >= 0.3 is 0 Å². The van der Waals surface area contributed by atoms with Gasteiger partial charge in [-0.1, -0.05) is 19.8 Å². The Morgan fingerprint density at radius 3 is 2.70 bits per heavy atom. The summed E-state index contributed by atoms with van der Waals surface area (Å²) in [6, 6.07) is 7.23. The molecule has 2 amide bonds. The number of hydrogen-bond donors (Lipinski definition) is 1. The van der Waals surface area contributed by atoms with E-state index in [0.29, 0.717) is 17.0 Å². The lowest BCUT2D eigenvalue weighted by Gasteiger charge is -2.27. The van der Waals surface area contributed by atoms with E-state index < -0.39 is 5.91 Å². The summed E-state index contributed by atoms with van der Waals surface area (Å²) in [4.78, 5) is 35.1. The minimum atomic E-state index is -0.572. The summed E-state index contributed by atoms with van der Waals surface area (Å²) in [7, 11) is 0. The number of likely N-dealkylation sites (tertiary alicyclic amines) is 1. The van der Waals surface area contributed by atoms with E-state index in [2.05, 4.69) is 22.0 Å². The van der Waals surface area contributed by atoms with Gasteiger partial charge in [-0.05, 0) is 44.4 Å². The van der Waals surface area contributed by atoms with Crippen molar-refractivity contribution in [3.63, 3.8) is 0 Å². The molecule has 0 aromatic carbocycles. The number of primary amides is 1. The third-order valence-electron chi connectivity index (χ3n) is 5.71. The van der Waals surface area contributed by atoms with E-state index >= 15 is 0 Å². The summed E-state index contributed by atoms with van der Waals surface area (Å²) in [6.45, 7) is 4.92. The molecule has 1 fully saturated rings. The Labute approximate surface area is 175 Å². The zero-order valence-electron chi connectivity index (χ0n) is 17.3. The van der Waals surface area contributed by atoms with Gasteiger partial charge in [0.25, 0.3) is 11.8 Å². The second-order valence-electron chi connectivity index (χ2n) is 7.78. The van der Waals surface area contributed by atoms with Gasteiger partial charge in [0.05, 0.1) is 5.69 Å². The Balaban J connectivity index is 1.71. The standard InChI is InChI=1S/C22H26N6O2/c1-3-16-11-19(22(30)27-10-6-4-5-7-14(27)2)25-20-12-18(26-28(16)20)15-8-9-17(21(23)29)24-13-15/h8-9,11-14H,3-7,10H2,1-2H3,(H2,23,29). The maximum Gasteiger partial charge on any atom is 0.272 e. The van der Waals surface area contributed by atoms with Gasteiger partial charge in [-0.3, -0.25) is 14.6 Å². The second-order valence-corrected chi connectivity index (χ2v) is 7.78. The van der Waals surface area contributed by atoms with Crippen LogP contribution in [-0.4, -0.2) is 48.9 Å². The van der Waals surface area contributed by atoms with Crippen LogP contribution in [-0.2, 0) is 6.42 Å². The number of nitrogens with zero attached hydrogens (tertiary/aromatic N) is 5. The first-order valence-corrected chi connectivity index (χ1v) is 10.4. The molecule has 3 aromatic heterocycles. The molecule has 4 rings (SSSR count). The lowest BCUT2D eigenvalue weighted by molar-refractivity contribution is 0.0691. The molecule has 156 valence electrons. The highest BCUT2D eigenvalue weighted by Gasteiger charge is 2.25. The highest BCUT2D eigenvalue weighted by molar-refractivity contribution is 5.93. The number of pyridine rings is 1. The predicted octanol–water partition coefficient (Wildman–Crippen LogP) is 2.86. The Morgan fingerprint density at radius 2 is 2.00 bits per heavy atom. The Morgan fingerprint density at radius 1 is 1.17 bits per heavy atom. The van der Waals surface area contributed by atoms with Crippen molar-refractivity contribution in [3.05, 3.63) is 47.5 Å². The van der Waals surface area contributed by atoms with Crippen LogP contribution < -0.4 is 5.73 Å². The zero-order valence-corrected chi connectivity index (χ0v) is 17.3. The minimum Gasteiger partial charge on any atom is -0.364 e. The van der Waals surface area contributed by atoms with Crippen molar-refractivity contribution < 1.29 is 9.59 Å². The van der Waals surface area contributed by atoms with E-state index in [1.807, 2.05) is 24.0 Å². The fraction of sp³-hybridized carbons (Fsp3) is 0.409. The number of nitrogens with two attached hydrogens (primary N) is 1. The first kappa shape index (κ1) is 20.0. The largest absolute Gasteiger partial charge is 0.364 e. The first-order valence-electron chi connectivity index (χ1n) is 10.4.